The van der Waals surface area contributed by atoms with E-state index in [-0.39, 0.29) is 12.5 Å². The van der Waals surface area contributed by atoms with Crippen LogP contribution in [0.25, 0.3) is 0 Å². The van der Waals surface area contributed by atoms with Gasteiger partial charge in [-0.15, -0.1) is 0 Å². The fourth-order valence-electron chi connectivity index (χ4n) is 5.02. The number of rotatable bonds is 34. The third-order valence-corrected chi connectivity index (χ3v) is 8.14. The fraction of sp³-hybridized carbons (Fsp3) is 0.521. The fourth-order valence-corrected chi connectivity index (χ4v) is 5.02. The summed E-state index contributed by atoms with van der Waals surface area (Å²) >= 11 is 0. The van der Waals surface area contributed by atoms with Crippen LogP contribution in [0, 0.1) is 0 Å². The standard InChI is InChI=1S/C48H75NO3/c1-3-5-7-9-10-11-12-13-14-15-16-17-18-19-20-21-22-23-24-25-26-27-28-29-30-31-32-33-34-35-36-37-38-40-42-44-48(52)49-46(45-50)47(51)43-41-39-8-6-4-2/h5,7,10-11,13-14,16-17,19-20,22-23,25-26,28-29,31-32,34-35,41,43,46-47,50-51H,3-4,6,8-9,12,15,18,21,24,27,30,33,36-40,42,44-45H2,1-2H3,(H,49,52)/b7-5-,11-10-,14-13-,17-16-,20-19-,23-22-,26-25-,29-28-,32-31-,35-34-,43-41+. The van der Waals surface area contributed by atoms with Crippen molar-refractivity contribution in [3.8, 4) is 0 Å². The number of carbonyl (C=O) groups excluding carboxylic acids is 1. The predicted molar refractivity (Wildman–Crippen MR) is 229 cm³/mol. The van der Waals surface area contributed by atoms with Crippen molar-refractivity contribution in [1.29, 1.82) is 0 Å². The molecule has 0 aliphatic heterocycles. The van der Waals surface area contributed by atoms with Gasteiger partial charge in [-0.2, -0.15) is 0 Å². The molecule has 0 aliphatic rings. The summed E-state index contributed by atoms with van der Waals surface area (Å²) in [6.07, 6.45) is 67.3. The predicted octanol–water partition coefficient (Wildman–Crippen LogP) is 12.8. The lowest BCUT2D eigenvalue weighted by atomic mass is 10.1. The molecule has 0 aromatic heterocycles. The molecule has 0 spiro atoms. The summed E-state index contributed by atoms with van der Waals surface area (Å²) in [5, 5.41) is 22.6. The van der Waals surface area contributed by atoms with Gasteiger partial charge in [0.1, 0.15) is 0 Å². The largest absolute Gasteiger partial charge is 0.394 e. The molecule has 0 saturated heterocycles. The van der Waals surface area contributed by atoms with Crippen LogP contribution in [0.5, 0.6) is 0 Å². The van der Waals surface area contributed by atoms with Crippen molar-refractivity contribution in [2.24, 2.45) is 0 Å². The Balaban J connectivity index is 3.71. The monoisotopic (exact) mass is 714 g/mol. The SMILES string of the molecule is CC/C=C\C/C=C\C/C=C\C/C=C\C/C=C\C/C=C\C/C=C\C/C=C\C/C=C\C/C=C\CCCCCCC(=O)NC(CO)C(O)/C=C/CCCCC. The van der Waals surface area contributed by atoms with Crippen molar-refractivity contribution in [3.63, 3.8) is 0 Å². The van der Waals surface area contributed by atoms with Crippen LogP contribution >= 0.6 is 0 Å². The number of allylic oxidation sites excluding steroid dienone is 21. The molecule has 0 aromatic rings. The second-order valence-electron chi connectivity index (χ2n) is 13.0. The van der Waals surface area contributed by atoms with Gasteiger partial charge in [-0.25, -0.2) is 0 Å². The van der Waals surface area contributed by atoms with Gasteiger partial charge in [0.15, 0.2) is 0 Å². The molecule has 4 nitrogen and oxygen atoms in total. The zero-order valence-corrected chi connectivity index (χ0v) is 33.0. The van der Waals surface area contributed by atoms with Crippen LogP contribution in [0.15, 0.2) is 134 Å². The Bertz CT molecular complexity index is 1130. The lowest BCUT2D eigenvalue weighted by molar-refractivity contribution is -0.123. The Labute approximate surface area is 320 Å². The van der Waals surface area contributed by atoms with E-state index in [0.29, 0.717) is 6.42 Å². The van der Waals surface area contributed by atoms with Gasteiger partial charge in [-0.1, -0.05) is 173 Å². The normalized spacial score (nSPS) is 14.5. The Kier molecular flexibility index (Phi) is 39.1. The number of amides is 1. The summed E-state index contributed by atoms with van der Waals surface area (Å²) in [6, 6.07) is -0.641. The van der Waals surface area contributed by atoms with Gasteiger partial charge >= 0.3 is 0 Å². The molecule has 290 valence electrons. The van der Waals surface area contributed by atoms with E-state index in [0.717, 1.165) is 116 Å². The van der Waals surface area contributed by atoms with E-state index >= 15 is 0 Å². The Morgan fingerprint density at radius 3 is 1.25 bits per heavy atom. The van der Waals surface area contributed by atoms with E-state index in [1.54, 1.807) is 6.08 Å². The first-order valence-corrected chi connectivity index (χ1v) is 20.4. The topological polar surface area (TPSA) is 69.6 Å². The van der Waals surface area contributed by atoms with Gasteiger partial charge in [0.05, 0.1) is 18.8 Å². The third-order valence-electron chi connectivity index (χ3n) is 8.14. The quantitative estimate of drug-likeness (QED) is 0.0459. The first-order valence-electron chi connectivity index (χ1n) is 20.4. The minimum atomic E-state index is -0.855. The molecule has 3 N–H and O–H groups in total. The van der Waals surface area contributed by atoms with Crippen LogP contribution < -0.4 is 5.32 Å². The second-order valence-corrected chi connectivity index (χ2v) is 13.0. The van der Waals surface area contributed by atoms with Crippen LogP contribution in [-0.2, 0) is 4.79 Å². The number of aliphatic hydroxyl groups is 2. The first-order chi connectivity index (χ1) is 25.7. The van der Waals surface area contributed by atoms with E-state index in [9.17, 15) is 15.0 Å². The highest BCUT2D eigenvalue weighted by Crippen LogP contribution is 2.08. The number of unbranched alkanes of at least 4 members (excludes halogenated alkanes) is 7. The second kappa shape index (κ2) is 41.9. The molecule has 0 rings (SSSR count). The minimum absolute atomic E-state index is 0.104. The molecule has 0 aromatic carbocycles. The zero-order chi connectivity index (χ0) is 37.8. The van der Waals surface area contributed by atoms with Crippen LogP contribution in [0.3, 0.4) is 0 Å². The van der Waals surface area contributed by atoms with Gasteiger partial charge < -0.3 is 15.5 Å². The summed E-state index contributed by atoms with van der Waals surface area (Å²) in [5.41, 5.74) is 0. The molecule has 0 heterocycles. The third kappa shape index (κ3) is 37.8. The molecule has 2 unspecified atom stereocenters. The average Bonchev–Trinajstić information content (AvgIpc) is 3.15. The molecular formula is C48H75NO3. The van der Waals surface area contributed by atoms with E-state index < -0.39 is 12.1 Å². The Morgan fingerprint density at radius 1 is 0.481 bits per heavy atom. The van der Waals surface area contributed by atoms with Crippen LogP contribution in [0.2, 0.25) is 0 Å². The highest BCUT2D eigenvalue weighted by atomic mass is 16.3. The summed E-state index contributed by atoms with van der Waals surface area (Å²) in [4.78, 5) is 12.2. The van der Waals surface area contributed by atoms with Gasteiger partial charge in [0, 0.05) is 6.42 Å². The molecule has 0 fully saturated rings. The molecule has 0 radical (unpaired) electrons. The summed E-state index contributed by atoms with van der Waals surface area (Å²) in [5.74, 6) is -0.104. The van der Waals surface area contributed by atoms with Crippen molar-refractivity contribution in [3.05, 3.63) is 134 Å². The number of hydrogen-bond acceptors (Lipinski definition) is 3. The summed E-state index contributed by atoms with van der Waals surface area (Å²) in [7, 11) is 0. The maximum Gasteiger partial charge on any atom is 0.220 e. The van der Waals surface area contributed by atoms with Crippen LogP contribution in [-0.4, -0.2) is 34.9 Å². The lowest BCUT2D eigenvalue weighted by Gasteiger charge is -2.19. The minimum Gasteiger partial charge on any atom is -0.394 e. The lowest BCUT2D eigenvalue weighted by Crippen LogP contribution is -2.45. The number of aliphatic hydroxyl groups excluding tert-OH is 2. The van der Waals surface area contributed by atoms with E-state index in [2.05, 4.69) is 141 Å². The molecule has 2 atom stereocenters. The van der Waals surface area contributed by atoms with Crippen LogP contribution in [0.1, 0.15) is 142 Å². The highest BCUT2D eigenvalue weighted by molar-refractivity contribution is 5.76. The number of carbonyl (C=O) groups is 1. The van der Waals surface area contributed by atoms with Crippen molar-refractivity contribution in [2.75, 3.05) is 6.61 Å². The number of hydrogen-bond donors (Lipinski definition) is 3. The maximum atomic E-state index is 12.2. The Hall–Kier alpha value is -3.47. The van der Waals surface area contributed by atoms with Crippen molar-refractivity contribution in [2.45, 2.75) is 154 Å². The van der Waals surface area contributed by atoms with Crippen LogP contribution in [0.4, 0.5) is 0 Å². The van der Waals surface area contributed by atoms with E-state index in [1.807, 2.05) is 6.08 Å². The first kappa shape index (κ1) is 48.5. The average molecular weight is 714 g/mol. The van der Waals surface area contributed by atoms with Gasteiger partial charge in [-0.3, -0.25) is 4.79 Å². The maximum absolute atomic E-state index is 12.2. The van der Waals surface area contributed by atoms with Crippen molar-refractivity contribution in [1.82, 2.24) is 5.32 Å². The molecule has 0 saturated carbocycles. The molecule has 1 amide bonds. The van der Waals surface area contributed by atoms with E-state index in [1.165, 1.54) is 6.42 Å². The van der Waals surface area contributed by atoms with E-state index in [4.69, 9.17) is 0 Å². The molecular weight excluding hydrogens is 639 g/mol. The van der Waals surface area contributed by atoms with Gasteiger partial charge in [0.25, 0.3) is 0 Å². The summed E-state index contributed by atoms with van der Waals surface area (Å²) in [6.45, 7) is 4.05. The number of nitrogens with one attached hydrogen (secondary N) is 1. The smallest absolute Gasteiger partial charge is 0.220 e. The molecule has 0 bridgehead atoms. The van der Waals surface area contributed by atoms with Crippen molar-refractivity contribution >= 4 is 5.91 Å². The zero-order valence-electron chi connectivity index (χ0n) is 33.0. The van der Waals surface area contributed by atoms with Gasteiger partial charge in [-0.05, 0) is 96.3 Å². The molecule has 4 heteroatoms. The molecule has 0 aliphatic carbocycles. The molecule has 52 heavy (non-hydrogen) atoms. The Morgan fingerprint density at radius 2 is 0.846 bits per heavy atom. The highest BCUT2D eigenvalue weighted by Gasteiger charge is 2.17. The van der Waals surface area contributed by atoms with Crippen molar-refractivity contribution < 1.29 is 15.0 Å². The summed E-state index contributed by atoms with van der Waals surface area (Å²) < 4.78 is 0. The van der Waals surface area contributed by atoms with Gasteiger partial charge in [0.2, 0.25) is 5.91 Å².